The van der Waals surface area contributed by atoms with Crippen molar-refractivity contribution in [2.24, 2.45) is 0 Å². The van der Waals surface area contributed by atoms with E-state index in [1.165, 1.54) is 0 Å². The highest BCUT2D eigenvalue weighted by Crippen LogP contribution is 2.24. The summed E-state index contributed by atoms with van der Waals surface area (Å²) in [5.74, 6) is -0.329. The van der Waals surface area contributed by atoms with E-state index in [0.29, 0.717) is 18.6 Å². The van der Waals surface area contributed by atoms with Crippen LogP contribution < -0.4 is 0 Å². The van der Waals surface area contributed by atoms with Crippen LogP contribution in [0.1, 0.15) is 43.1 Å². The minimum absolute atomic E-state index is 0.329. The summed E-state index contributed by atoms with van der Waals surface area (Å²) >= 11 is 0. The highest BCUT2D eigenvalue weighted by molar-refractivity contribution is 5.89. The van der Waals surface area contributed by atoms with Crippen molar-refractivity contribution in [3.63, 3.8) is 0 Å². The van der Waals surface area contributed by atoms with Crippen LogP contribution in [0, 0.1) is 0 Å². The summed E-state index contributed by atoms with van der Waals surface area (Å²) < 4.78 is 4.88. The van der Waals surface area contributed by atoms with Gasteiger partial charge in [-0.05, 0) is 38.0 Å². The number of ether oxygens (including phenoxy) is 1. The largest absolute Gasteiger partial charge is 0.462 e. The van der Waals surface area contributed by atoms with Crippen LogP contribution in [0.3, 0.4) is 0 Å². The van der Waals surface area contributed by atoms with Gasteiger partial charge in [0.1, 0.15) is 0 Å². The molecule has 1 N–H and O–H groups in total. The van der Waals surface area contributed by atoms with Crippen molar-refractivity contribution in [2.45, 2.75) is 32.8 Å². The first-order valence-electron chi connectivity index (χ1n) is 5.51. The minimum Gasteiger partial charge on any atom is -0.462 e. The lowest BCUT2D eigenvalue weighted by Crippen LogP contribution is -2.19. The number of esters is 1. The third-order valence-corrected chi connectivity index (χ3v) is 2.71. The van der Waals surface area contributed by atoms with Crippen LogP contribution >= 0.6 is 0 Å². The maximum absolute atomic E-state index is 11.4. The monoisotopic (exact) mass is 222 g/mol. The summed E-state index contributed by atoms with van der Waals surface area (Å²) in [6.07, 6.45) is 0.631. The molecule has 0 heterocycles. The Morgan fingerprint density at radius 2 is 1.88 bits per heavy atom. The number of hydrogen-bond acceptors (Lipinski definition) is 3. The smallest absolute Gasteiger partial charge is 0.338 e. The maximum atomic E-state index is 11.4. The van der Waals surface area contributed by atoms with Gasteiger partial charge in [-0.15, -0.1) is 0 Å². The third kappa shape index (κ3) is 2.83. The number of carbonyl (C=O) groups is 1. The SMILES string of the molecule is CCOC(=O)c1ccc(C(C)(O)CC)cc1. The van der Waals surface area contributed by atoms with E-state index in [2.05, 4.69) is 0 Å². The quantitative estimate of drug-likeness (QED) is 0.796. The van der Waals surface area contributed by atoms with Gasteiger partial charge >= 0.3 is 5.97 Å². The van der Waals surface area contributed by atoms with Crippen LogP contribution in [0.25, 0.3) is 0 Å². The number of hydrogen-bond donors (Lipinski definition) is 1. The first-order valence-corrected chi connectivity index (χ1v) is 5.51. The Kier molecular flexibility index (Phi) is 4.07. The van der Waals surface area contributed by atoms with E-state index in [4.69, 9.17) is 4.74 Å². The minimum atomic E-state index is -0.840. The molecule has 0 aliphatic heterocycles. The fraction of sp³-hybridized carbons (Fsp3) is 0.462. The van der Waals surface area contributed by atoms with E-state index >= 15 is 0 Å². The molecule has 1 aromatic rings. The lowest BCUT2D eigenvalue weighted by molar-refractivity contribution is 0.0508. The zero-order valence-electron chi connectivity index (χ0n) is 9.99. The molecule has 0 saturated carbocycles. The van der Waals surface area contributed by atoms with Gasteiger partial charge in [0.05, 0.1) is 17.8 Å². The molecule has 3 nitrogen and oxygen atoms in total. The van der Waals surface area contributed by atoms with Crippen molar-refractivity contribution < 1.29 is 14.6 Å². The summed E-state index contributed by atoms with van der Waals surface area (Å²) in [4.78, 5) is 11.4. The molecule has 0 aliphatic rings. The predicted octanol–water partition coefficient (Wildman–Crippen LogP) is 2.48. The average molecular weight is 222 g/mol. The zero-order valence-corrected chi connectivity index (χ0v) is 9.99. The van der Waals surface area contributed by atoms with Crippen LogP contribution in [0.5, 0.6) is 0 Å². The topological polar surface area (TPSA) is 46.5 Å². The molecule has 1 atom stereocenters. The van der Waals surface area contributed by atoms with E-state index in [1.54, 1.807) is 38.1 Å². The molecule has 0 amide bonds. The number of carbonyl (C=O) groups excluding carboxylic acids is 1. The van der Waals surface area contributed by atoms with Crippen molar-refractivity contribution in [2.75, 3.05) is 6.61 Å². The highest BCUT2D eigenvalue weighted by Gasteiger charge is 2.20. The van der Waals surface area contributed by atoms with E-state index in [0.717, 1.165) is 5.56 Å². The molecular weight excluding hydrogens is 204 g/mol. The van der Waals surface area contributed by atoms with Gasteiger partial charge < -0.3 is 9.84 Å². The molecule has 0 aromatic heterocycles. The molecule has 0 radical (unpaired) electrons. The van der Waals surface area contributed by atoms with Crippen molar-refractivity contribution in [1.82, 2.24) is 0 Å². The van der Waals surface area contributed by atoms with Crippen LogP contribution in [0.4, 0.5) is 0 Å². The number of benzene rings is 1. The Bertz CT molecular complexity index is 352. The van der Waals surface area contributed by atoms with Crippen LogP contribution in [0.2, 0.25) is 0 Å². The van der Waals surface area contributed by atoms with Gasteiger partial charge in [-0.2, -0.15) is 0 Å². The van der Waals surface area contributed by atoms with Gasteiger partial charge in [-0.25, -0.2) is 4.79 Å². The molecular formula is C13H18O3. The Morgan fingerprint density at radius 3 is 2.31 bits per heavy atom. The lowest BCUT2D eigenvalue weighted by Gasteiger charge is -2.21. The standard InChI is InChI=1S/C13H18O3/c1-4-13(3,15)11-8-6-10(7-9-11)12(14)16-5-2/h6-9,15H,4-5H2,1-3H3. The summed E-state index contributed by atoms with van der Waals surface area (Å²) in [6, 6.07) is 6.88. The summed E-state index contributed by atoms with van der Waals surface area (Å²) in [5.41, 5.74) is 0.480. The van der Waals surface area contributed by atoms with Crippen LogP contribution in [-0.4, -0.2) is 17.7 Å². The fourth-order valence-electron chi connectivity index (χ4n) is 1.38. The molecule has 0 bridgehead atoms. The van der Waals surface area contributed by atoms with Crippen LogP contribution in [0.15, 0.2) is 24.3 Å². The van der Waals surface area contributed by atoms with Crippen molar-refractivity contribution in [1.29, 1.82) is 0 Å². The van der Waals surface area contributed by atoms with Gasteiger partial charge in [-0.1, -0.05) is 19.1 Å². The molecule has 1 rings (SSSR count). The lowest BCUT2D eigenvalue weighted by atomic mass is 9.93. The third-order valence-electron chi connectivity index (χ3n) is 2.71. The summed E-state index contributed by atoms with van der Waals surface area (Å²) in [6.45, 7) is 5.81. The molecule has 3 heteroatoms. The fourth-order valence-corrected chi connectivity index (χ4v) is 1.38. The Balaban J connectivity index is 2.87. The number of rotatable bonds is 4. The van der Waals surface area contributed by atoms with Gasteiger partial charge in [-0.3, -0.25) is 0 Å². The molecule has 88 valence electrons. The normalized spacial score (nSPS) is 14.2. The molecule has 16 heavy (non-hydrogen) atoms. The van der Waals surface area contributed by atoms with Crippen molar-refractivity contribution in [3.8, 4) is 0 Å². The van der Waals surface area contributed by atoms with E-state index in [1.807, 2.05) is 6.92 Å². The average Bonchev–Trinajstić information content (AvgIpc) is 2.29. The molecule has 1 unspecified atom stereocenters. The van der Waals surface area contributed by atoms with Crippen molar-refractivity contribution >= 4 is 5.97 Å². The first-order chi connectivity index (χ1) is 7.51. The highest BCUT2D eigenvalue weighted by atomic mass is 16.5. The number of aliphatic hydroxyl groups is 1. The van der Waals surface area contributed by atoms with E-state index in [9.17, 15) is 9.90 Å². The predicted molar refractivity (Wildman–Crippen MR) is 62.3 cm³/mol. The van der Waals surface area contributed by atoms with E-state index in [-0.39, 0.29) is 5.97 Å². The summed E-state index contributed by atoms with van der Waals surface area (Å²) in [5, 5.41) is 10.0. The molecule has 0 spiro atoms. The first kappa shape index (κ1) is 12.7. The van der Waals surface area contributed by atoms with Gasteiger partial charge in [0, 0.05) is 0 Å². The Hall–Kier alpha value is -1.35. The Labute approximate surface area is 96.1 Å². The van der Waals surface area contributed by atoms with Gasteiger partial charge in [0.15, 0.2) is 0 Å². The second-order valence-electron chi connectivity index (χ2n) is 3.93. The van der Waals surface area contributed by atoms with Crippen LogP contribution in [-0.2, 0) is 10.3 Å². The van der Waals surface area contributed by atoms with Crippen molar-refractivity contribution in [3.05, 3.63) is 35.4 Å². The maximum Gasteiger partial charge on any atom is 0.338 e. The van der Waals surface area contributed by atoms with E-state index < -0.39 is 5.60 Å². The zero-order chi connectivity index (χ0) is 12.2. The Morgan fingerprint density at radius 1 is 1.31 bits per heavy atom. The molecule has 0 saturated heterocycles. The molecule has 0 aliphatic carbocycles. The molecule has 1 aromatic carbocycles. The van der Waals surface area contributed by atoms with Gasteiger partial charge in [0.25, 0.3) is 0 Å². The summed E-state index contributed by atoms with van der Waals surface area (Å²) in [7, 11) is 0. The second-order valence-corrected chi connectivity index (χ2v) is 3.93. The second kappa shape index (κ2) is 5.12. The molecule has 0 fully saturated rings. The van der Waals surface area contributed by atoms with Gasteiger partial charge in [0.2, 0.25) is 0 Å².